The minimum absolute atomic E-state index is 0.113. The molecule has 5 heteroatoms. The molecule has 0 radical (unpaired) electrons. The monoisotopic (exact) mass is 350 g/mol. The number of hydrogen-bond acceptors (Lipinski definition) is 4. The van der Waals surface area contributed by atoms with Crippen LogP contribution in [0.2, 0.25) is 0 Å². The zero-order valence-corrected chi connectivity index (χ0v) is 14.8. The number of amides is 1. The van der Waals surface area contributed by atoms with Crippen molar-refractivity contribution in [3.8, 4) is 0 Å². The van der Waals surface area contributed by atoms with Gasteiger partial charge in [0.05, 0.1) is 12.2 Å². The number of carbonyl (C=O) groups excluding carboxylic acids is 1. The lowest BCUT2D eigenvalue weighted by Gasteiger charge is -2.19. The van der Waals surface area contributed by atoms with Gasteiger partial charge in [-0.2, -0.15) is 0 Å². The number of benzene rings is 2. The topological polar surface area (TPSA) is 61.8 Å². The molecule has 0 unspecified atom stereocenters. The van der Waals surface area contributed by atoms with Crippen LogP contribution in [0, 0.1) is 0 Å². The molecule has 26 heavy (non-hydrogen) atoms. The summed E-state index contributed by atoms with van der Waals surface area (Å²) in [4.78, 5) is 14.7. The molecule has 2 heterocycles. The van der Waals surface area contributed by atoms with Gasteiger partial charge in [0.25, 0.3) is 5.91 Å². The van der Waals surface area contributed by atoms with E-state index in [1.807, 2.05) is 30.3 Å². The van der Waals surface area contributed by atoms with Gasteiger partial charge in [-0.3, -0.25) is 9.69 Å². The van der Waals surface area contributed by atoms with Gasteiger partial charge >= 0.3 is 0 Å². The molecular weight excluding hydrogens is 328 g/mol. The first-order chi connectivity index (χ1) is 12.7. The summed E-state index contributed by atoms with van der Waals surface area (Å²) in [6, 6.07) is 13.9. The van der Waals surface area contributed by atoms with E-state index in [0.717, 1.165) is 35.5 Å². The highest BCUT2D eigenvalue weighted by Crippen LogP contribution is 2.41. The average molecular weight is 350 g/mol. The largest absolute Gasteiger partial charge is 0.487 e. The Labute approximate surface area is 152 Å². The number of carbonyl (C=O) groups is 1. The van der Waals surface area contributed by atoms with Crippen molar-refractivity contribution in [2.75, 3.05) is 25.0 Å². The van der Waals surface area contributed by atoms with E-state index in [1.54, 1.807) is 0 Å². The first kappa shape index (κ1) is 16.8. The lowest BCUT2D eigenvalue weighted by molar-refractivity contribution is -0.110. The van der Waals surface area contributed by atoms with E-state index >= 15 is 0 Å². The van der Waals surface area contributed by atoms with Crippen LogP contribution >= 0.6 is 0 Å². The summed E-state index contributed by atoms with van der Waals surface area (Å²) in [7, 11) is 0. The lowest BCUT2D eigenvalue weighted by Crippen LogP contribution is -2.26. The summed E-state index contributed by atoms with van der Waals surface area (Å²) in [5, 5.41) is 12.1. The molecule has 0 aromatic heterocycles. The third kappa shape index (κ3) is 2.89. The lowest BCUT2D eigenvalue weighted by atomic mass is 9.99. The van der Waals surface area contributed by atoms with Gasteiger partial charge in [0.1, 0.15) is 12.4 Å². The van der Waals surface area contributed by atoms with E-state index in [9.17, 15) is 4.79 Å². The van der Waals surface area contributed by atoms with Crippen molar-refractivity contribution in [3.63, 3.8) is 0 Å². The van der Waals surface area contributed by atoms with Gasteiger partial charge in [0.15, 0.2) is 0 Å². The second-order valence-electron chi connectivity index (χ2n) is 6.58. The number of fused-ring (bicyclic) bond motifs is 2. The van der Waals surface area contributed by atoms with Crippen LogP contribution in [-0.4, -0.2) is 35.6 Å². The van der Waals surface area contributed by atoms with E-state index in [1.165, 1.54) is 5.56 Å². The van der Waals surface area contributed by atoms with Gasteiger partial charge in [0, 0.05) is 35.5 Å². The van der Waals surface area contributed by atoms with E-state index in [4.69, 9.17) is 9.84 Å². The summed E-state index contributed by atoms with van der Waals surface area (Å²) < 4.78 is 5.93. The maximum Gasteiger partial charge on any atom is 0.260 e. The number of aliphatic hydroxyl groups excluding tert-OH is 1. The Morgan fingerprint density at radius 3 is 2.85 bits per heavy atom. The SMILES string of the molecule is CCN(CCO)Cc1ccc2c(c1)COC2=C1C(=O)Nc2ccccc21. The van der Waals surface area contributed by atoms with Crippen LogP contribution in [-0.2, 0) is 22.7 Å². The second kappa shape index (κ2) is 6.94. The number of aliphatic hydroxyl groups is 1. The van der Waals surface area contributed by atoms with Crippen LogP contribution in [0.5, 0.6) is 0 Å². The molecule has 0 aliphatic carbocycles. The fourth-order valence-electron chi connectivity index (χ4n) is 3.61. The fraction of sp³-hybridized carbons (Fsp3) is 0.286. The standard InChI is InChI=1S/C21H22N2O3/c1-2-23(9-10-24)12-14-7-8-16-15(11-14)13-26-20(16)19-17-5-3-4-6-18(17)22-21(19)25/h3-8,11,24H,2,9-10,12-13H2,1H3,(H,22,25). The number of likely N-dealkylation sites (N-methyl/N-ethyl adjacent to an activating group) is 1. The Morgan fingerprint density at radius 2 is 2.04 bits per heavy atom. The molecule has 4 rings (SSSR count). The molecule has 0 spiro atoms. The second-order valence-corrected chi connectivity index (χ2v) is 6.58. The zero-order valence-electron chi connectivity index (χ0n) is 14.8. The number of hydrogen-bond donors (Lipinski definition) is 2. The highest BCUT2D eigenvalue weighted by Gasteiger charge is 2.32. The highest BCUT2D eigenvalue weighted by molar-refractivity contribution is 6.36. The fourth-order valence-corrected chi connectivity index (χ4v) is 3.61. The molecule has 134 valence electrons. The quantitative estimate of drug-likeness (QED) is 0.814. The molecule has 0 saturated heterocycles. The minimum atomic E-state index is -0.113. The van der Waals surface area contributed by atoms with Gasteiger partial charge in [0.2, 0.25) is 0 Å². The average Bonchev–Trinajstić information content (AvgIpc) is 3.20. The molecule has 2 aliphatic rings. The number of rotatable bonds is 5. The normalized spacial score (nSPS) is 17.9. The molecule has 2 aromatic rings. The first-order valence-electron chi connectivity index (χ1n) is 8.94. The van der Waals surface area contributed by atoms with E-state index in [0.29, 0.717) is 24.5 Å². The van der Waals surface area contributed by atoms with Crippen LogP contribution in [0.1, 0.15) is 29.2 Å². The summed E-state index contributed by atoms with van der Waals surface area (Å²) in [6.45, 7) is 5.07. The molecule has 2 aliphatic heterocycles. The van der Waals surface area contributed by atoms with Gasteiger partial charge in [-0.1, -0.05) is 43.3 Å². The van der Waals surface area contributed by atoms with Crippen molar-refractivity contribution in [1.82, 2.24) is 4.90 Å². The van der Waals surface area contributed by atoms with E-state index in [-0.39, 0.29) is 12.5 Å². The molecule has 2 N–H and O–H groups in total. The molecule has 0 atom stereocenters. The van der Waals surface area contributed by atoms with Crippen molar-refractivity contribution >= 4 is 22.9 Å². The van der Waals surface area contributed by atoms with Gasteiger partial charge in [-0.15, -0.1) is 0 Å². The number of para-hydroxylation sites is 1. The molecule has 2 aromatic carbocycles. The molecule has 0 saturated carbocycles. The minimum Gasteiger partial charge on any atom is -0.487 e. The van der Waals surface area contributed by atoms with Crippen molar-refractivity contribution in [3.05, 3.63) is 64.7 Å². The Balaban J connectivity index is 1.68. The Kier molecular flexibility index (Phi) is 4.49. The van der Waals surface area contributed by atoms with Crippen LogP contribution in [0.4, 0.5) is 5.69 Å². The van der Waals surface area contributed by atoms with Crippen LogP contribution in [0.3, 0.4) is 0 Å². The van der Waals surface area contributed by atoms with Crippen LogP contribution < -0.4 is 5.32 Å². The summed E-state index contributed by atoms with van der Waals surface area (Å²) in [6.07, 6.45) is 0. The summed E-state index contributed by atoms with van der Waals surface area (Å²) in [5.74, 6) is 0.551. The predicted octanol–water partition coefficient (Wildman–Crippen LogP) is 2.85. The van der Waals surface area contributed by atoms with E-state index < -0.39 is 0 Å². The Morgan fingerprint density at radius 1 is 1.19 bits per heavy atom. The van der Waals surface area contributed by atoms with Crippen molar-refractivity contribution in [1.29, 1.82) is 0 Å². The van der Waals surface area contributed by atoms with Crippen molar-refractivity contribution < 1.29 is 14.6 Å². The van der Waals surface area contributed by atoms with Crippen LogP contribution in [0.15, 0.2) is 42.5 Å². The molecule has 0 fully saturated rings. The van der Waals surface area contributed by atoms with Gasteiger partial charge in [-0.05, 0) is 18.2 Å². The highest BCUT2D eigenvalue weighted by atomic mass is 16.5. The zero-order chi connectivity index (χ0) is 18.1. The molecule has 5 nitrogen and oxygen atoms in total. The molecule has 0 bridgehead atoms. The number of anilines is 1. The third-order valence-corrected chi connectivity index (χ3v) is 4.95. The predicted molar refractivity (Wildman–Crippen MR) is 101 cm³/mol. The van der Waals surface area contributed by atoms with Crippen LogP contribution in [0.25, 0.3) is 11.3 Å². The van der Waals surface area contributed by atoms with Crippen molar-refractivity contribution in [2.45, 2.75) is 20.1 Å². The van der Waals surface area contributed by atoms with Gasteiger partial charge in [-0.25, -0.2) is 0 Å². The van der Waals surface area contributed by atoms with Gasteiger partial charge < -0.3 is 15.2 Å². The summed E-state index contributed by atoms with van der Waals surface area (Å²) in [5.41, 5.74) is 5.61. The Bertz CT molecular complexity index is 889. The molecular formula is C21H22N2O3. The smallest absolute Gasteiger partial charge is 0.260 e. The molecule has 1 amide bonds. The number of nitrogens with one attached hydrogen (secondary N) is 1. The maximum absolute atomic E-state index is 12.5. The van der Waals surface area contributed by atoms with Crippen molar-refractivity contribution in [2.24, 2.45) is 0 Å². The maximum atomic E-state index is 12.5. The van der Waals surface area contributed by atoms with E-state index in [2.05, 4.69) is 29.3 Å². The third-order valence-electron chi connectivity index (χ3n) is 4.95. The first-order valence-corrected chi connectivity index (χ1v) is 8.94. The number of nitrogens with zero attached hydrogens (tertiary/aromatic N) is 1. The number of ether oxygens (including phenoxy) is 1. The summed E-state index contributed by atoms with van der Waals surface area (Å²) >= 11 is 0. The Hall–Kier alpha value is -2.63.